The number of rotatable bonds is 6. The van der Waals surface area contributed by atoms with Crippen molar-refractivity contribution in [2.75, 3.05) is 6.61 Å². The molecule has 2 saturated carbocycles. The van der Waals surface area contributed by atoms with Crippen molar-refractivity contribution >= 4 is 69.0 Å². The molecule has 5 rings (SSSR count). The number of hydrogen-bond acceptors (Lipinski definition) is 9. The fourth-order valence-corrected chi connectivity index (χ4v) is 40.6. The van der Waals surface area contributed by atoms with Gasteiger partial charge < -0.3 is 34.4 Å². The van der Waals surface area contributed by atoms with Gasteiger partial charge in [-0.25, -0.2) is 4.79 Å². The number of hydrogen-bond donors (Lipinski definition) is 4. The van der Waals surface area contributed by atoms with Gasteiger partial charge >= 0.3 is 5.97 Å². The molecule has 4 aliphatic rings. The van der Waals surface area contributed by atoms with Crippen molar-refractivity contribution < 1.29 is 132 Å². The molecule has 1 aromatic carbocycles. The first-order valence-corrected chi connectivity index (χ1v) is 25.7. The quantitative estimate of drug-likeness (QED) is 0.178. The Balaban J connectivity index is 0.00000276. The van der Waals surface area contributed by atoms with Crippen LogP contribution in [0.1, 0.15) is 50.9 Å². The Bertz CT molecular complexity index is 1320. The van der Waals surface area contributed by atoms with Crippen LogP contribution in [-0.2, 0) is 18.8 Å². The summed E-state index contributed by atoms with van der Waals surface area (Å²) in [5, 5.41) is 48.3. The van der Waals surface area contributed by atoms with Gasteiger partial charge in [-0.15, -0.1) is 35.7 Å². The van der Waals surface area contributed by atoms with Crippen LogP contribution in [-0.4, -0.2) is 80.5 Å². The number of esters is 1. The summed E-state index contributed by atoms with van der Waals surface area (Å²) in [6.07, 6.45) is -6.05. The Morgan fingerprint density at radius 2 is 1.60 bits per heavy atom. The molecule has 2 radical (unpaired) electrons. The van der Waals surface area contributed by atoms with Gasteiger partial charge in [-0.1, -0.05) is 32.0 Å². The number of aliphatic hydroxyl groups is 4. The molecule has 9 nitrogen and oxygen atoms in total. The third kappa shape index (κ3) is 7.21. The van der Waals surface area contributed by atoms with Crippen molar-refractivity contribution in [3.8, 4) is 0 Å². The summed E-state index contributed by atoms with van der Waals surface area (Å²) >= 11 is 0. The zero-order valence-electron chi connectivity index (χ0n) is 25.6. The van der Waals surface area contributed by atoms with E-state index in [1.807, 2.05) is 0 Å². The maximum Gasteiger partial charge on any atom is 0.338 e. The summed E-state index contributed by atoms with van der Waals surface area (Å²) in [4.78, 5) is 28.6. The molecule has 4 N–H and O–H groups in total. The smallest absolute Gasteiger partial charge is 0.338 e. The largest absolute Gasteiger partial charge is 0.455 e. The average Bonchev–Trinajstić information content (AvgIpc) is 2.93. The maximum atomic E-state index is 14.8. The van der Waals surface area contributed by atoms with Crippen LogP contribution in [0.15, 0.2) is 41.5 Å². The number of benzene rings is 1. The number of ether oxygens (including phenoxy) is 2. The van der Waals surface area contributed by atoms with E-state index in [-0.39, 0.29) is 119 Å². The van der Waals surface area contributed by atoms with Gasteiger partial charge in [0, 0.05) is 112 Å². The fraction of sp³-hybridized carbons (Fsp3) is 0.630. The minimum atomic E-state index is -2.00. The molecule has 11 unspecified atom stereocenters. The Morgan fingerprint density at radius 3 is 2.11 bits per heavy atom. The minimum Gasteiger partial charge on any atom is -0.455 e. The van der Waals surface area contributed by atoms with Crippen molar-refractivity contribution in [1.29, 1.82) is 0 Å². The molecule has 3 fully saturated rings. The van der Waals surface area contributed by atoms with E-state index in [1.54, 1.807) is 58.0 Å². The molecule has 1 saturated heterocycles. The van der Waals surface area contributed by atoms with Crippen molar-refractivity contribution in [3.05, 3.63) is 47.0 Å². The molecular formula is C27H41Ac2O9P7. The first-order valence-electron chi connectivity index (χ1n) is 13.9. The van der Waals surface area contributed by atoms with Crippen LogP contribution in [0.5, 0.6) is 0 Å². The van der Waals surface area contributed by atoms with Crippen LogP contribution in [0.25, 0.3) is 0 Å². The maximum absolute atomic E-state index is 14.8. The van der Waals surface area contributed by atoms with Crippen LogP contribution in [0.2, 0.25) is 0 Å². The Labute approximate surface area is 349 Å². The molecule has 1 aliphatic heterocycles. The van der Waals surface area contributed by atoms with Gasteiger partial charge in [0.15, 0.2) is 5.78 Å². The van der Waals surface area contributed by atoms with E-state index < -0.39 is 91.7 Å². The Morgan fingerprint density at radius 1 is 1.02 bits per heavy atom. The SMILES string of the molecule is CC1=C2C(O)C(=O)[C@]3(C)C(OP(P(P)P)P(P)P)CC4OC[C@@]4(O)C3C(OC(=O)c3ccccc3)C(O)(CC1O)C2(C)C.[Ac].[Ac]. The molecule has 0 aromatic heterocycles. The molecule has 45 heavy (non-hydrogen) atoms. The first kappa shape index (κ1) is 43.2. The second-order valence-electron chi connectivity index (χ2n) is 12.7. The van der Waals surface area contributed by atoms with Crippen LogP contribution in [0.3, 0.4) is 0 Å². The van der Waals surface area contributed by atoms with E-state index in [9.17, 15) is 30.0 Å². The van der Waals surface area contributed by atoms with Gasteiger partial charge in [0.2, 0.25) is 0 Å². The number of carbonyl (C=O) groups is 2. The van der Waals surface area contributed by atoms with Crippen LogP contribution < -0.4 is 0 Å². The topological polar surface area (TPSA) is 143 Å². The third-order valence-electron chi connectivity index (χ3n) is 10.2. The van der Waals surface area contributed by atoms with E-state index in [0.717, 1.165) is 0 Å². The molecule has 0 amide bonds. The number of ketones is 1. The zero-order valence-corrected chi connectivity index (χ0v) is 42.4. The van der Waals surface area contributed by atoms with Gasteiger partial charge in [-0.05, 0) is 51.1 Å². The van der Waals surface area contributed by atoms with E-state index in [2.05, 4.69) is 35.7 Å². The van der Waals surface area contributed by atoms with Crippen molar-refractivity contribution in [2.45, 2.75) is 82.3 Å². The zero-order chi connectivity index (χ0) is 31.9. The van der Waals surface area contributed by atoms with Crippen LogP contribution >= 0.6 is 57.2 Å². The third-order valence-corrected chi connectivity index (χ3v) is 32.7. The normalized spacial score (nSPS) is 38.7. The van der Waals surface area contributed by atoms with Crippen molar-refractivity contribution in [3.63, 3.8) is 0 Å². The second kappa shape index (κ2) is 16.0. The van der Waals surface area contributed by atoms with Gasteiger partial charge in [-0.2, -0.15) is 0 Å². The predicted molar refractivity (Wildman–Crippen MR) is 184 cm³/mol. The number of aliphatic hydroxyl groups excluding tert-OH is 2. The molecule has 0 spiro atoms. The van der Waals surface area contributed by atoms with E-state index in [1.165, 1.54) is 0 Å². The summed E-state index contributed by atoms with van der Waals surface area (Å²) in [5.41, 5.74) is -5.82. The molecular weight excluding hydrogens is 1140 g/mol. The molecule has 244 valence electrons. The van der Waals surface area contributed by atoms with E-state index in [4.69, 9.17) is 14.0 Å². The first-order chi connectivity index (χ1) is 19.9. The number of fused-ring (bicyclic) bond motifs is 5. The molecule has 18 heteroatoms. The number of Topliss-reactive ketones (excluding diaryl/α,β-unsaturated/α-hetero) is 1. The molecule has 13 atom stereocenters. The monoisotopic (exact) mass is 1180 g/mol. The molecule has 1 aromatic rings. The van der Waals surface area contributed by atoms with Crippen molar-refractivity contribution in [2.24, 2.45) is 16.7 Å². The number of carbonyl (C=O) groups excluding carboxylic acids is 2. The van der Waals surface area contributed by atoms with Crippen LogP contribution in [0.4, 0.5) is 0 Å². The van der Waals surface area contributed by atoms with E-state index >= 15 is 0 Å². The molecule has 2 bridgehead atoms. The summed E-state index contributed by atoms with van der Waals surface area (Å²) in [5.74, 6) is -2.58. The molecule has 1 heterocycles. The summed E-state index contributed by atoms with van der Waals surface area (Å²) in [6.45, 7) is 5.06. The van der Waals surface area contributed by atoms with Crippen molar-refractivity contribution in [1.82, 2.24) is 0 Å². The Kier molecular flexibility index (Phi) is 15.4. The van der Waals surface area contributed by atoms with Gasteiger partial charge in [0.25, 0.3) is 0 Å². The Hall–Kier alpha value is 3.75. The summed E-state index contributed by atoms with van der Waals surface area (Å²) in [7, 11) is 10.1. The van der Waals surface area contributed by atoms with Crippen LogP contribution in [0, 0.1) is 105 Å². The predicted octanol–water partition coefficient (Wildman–Crippen LogP) is 4.89. The standard InChI is InChI=1S/C27H41O9P7.2Ac/c1-13-15(28)11-27(33)22(35-23(31)14-8-6-5-7-9-14)20-25(4,21(30)19(29)18(13)24(27,2)3)16(10-17-26(20,32)12-34-17)36-41(42(37)38)43(39)40;;/h5-9,15-17,19-20,22,28-29,32-33H,10-12,37-40H2,1-4H3;;/t15?,16?,17?,19?,20?,22?,25-,26+,27?;;/m1../s1. The van der Waals surface area contributed by atoms with Gasteiger partial charge in [0.05, 0.1) is 43.4 Å². The summed E-state index contributed by atoms with van der Waals surface area (Å²) < 4.78 is 19.0. The fourth-order valence-electron chi connectivity index (χ4n) is 7.74. The van der Waals surface area contributed by atoms with Gasteiger partial charge in [-0.3, -0.25) is 4.79 Å². The second-order valence-corrected chi connectivity index (χ2v) is 36.3. The van der Waals surface area contributed by atoms with E-state index in [0.29, 0.717) is 5.57 Å². The average molecular weight is 1180 g/mol. The summed E-state index contributed by atoms with van der Waals surface area (Å²) in [6, 6.07) is 8.32. The van der Waals surface area contributed by atoms with Gasteiger partial charge in [0.1, 0.15) is 23.4 Å². The minimum absolute atomic E-state index is 0. The molecule has 3 aliphatic carbocycles.